The van der Waals surface area contributed by atoms with Gasteiger partial charge in [0, 0.05) is 7.05 Å². The highest BCUT2D eigenvalue weighted by atomic mass is 19.4. The van der Waals surface area contributed by atoms with Crippen LogP contribution in [0.3, 0.4) is 0 Å². The monoisotopic (exact) mass is 335 g/mol. The summed E-state index contributed by atoms with van der Waals surface area (Å²) in [6, 6.07) is 0.806. The molecule has 0 aliphatic rings. The summed E-state index contributed by atoms with van der Waals surface area (Å²) in [5.41, 5.74) is -2.34. The van der Waals surface area contributed by atoms with Crippen LogP contribution in [-0.2, 0) is 15.7 Å². The van der Waals surface area contributed by atoms with E-state index in [-0.39, 0.29) is 5.56 Å². The van der Waals surface area contributed by atoms with Crippen molar-refractivity contribution in [1.82, 2.24) is 4.90 Å². The number of carbonyl (C=O) groups is 2. The normalized spacial score (nSPS) is 13.4. The van der Waals surface area contributed by atoms with Crippen LogP contribution in [0.1, 0.15) is 37.9 Å². The minimum atomic E-state index is -4.84. The van der Waals surface area contributed by atoms with Gasteiger partial charge in [0.1, 0.15) is 23.7 Å². The van der Waals surface area contributed by atoms with E-state index in [2.05, 4.69) is 0 Å². The minimum absolute atomic E-state index is 0.0844. The summed E-state index contributed by atoms with van der Waals surface area (Å²) < 4.78 is 56.3. The Morgan fingerprint density at radius 1 is 1.26 bits per heavy atom. The van der Waals surface area contributed by atoms with Gasteiger partial charge in [-0.25, -0.2) is 9.18 Å². The van der Waals surface area contributed by atoms with Gasteiger partial charge in [-0.3, -0.25) is 4.90 Å². The van der Waals surface area contributed by atoms with E-state index in [0.717, 1.165) is 11.0 Å². The smallest absolute Gasteiger partial charge is 0.419 e. The zero-order valence-corrected chi connectivity index (χ0v) is 13.1. The number of carbonyl (C=O) groups excluding carboxylic acids is 2. The summed E-state index contributed by atoms with van der Waals surface area (Å²) >= 11 is 0. The lowest BCUT2D eigenvalue weighted by molar-refractivity contribution is -0.140. The van der Waals surface area contributed by atoms with Gasteiger partial charge < -0.3 is 9.53 Å². The minimum Gasteiger partial charge on any atom is -0.444 e. The lowest BCUT2D eigenvalue weighted by Crippen LogP contribution is -2.37. The molecule has 0 bridgehead atoms. The topological polar surface area (TPSA) is 46.6 Å². The van der Waals surface area contributed by atoms with E-state index in [0.29, 0.717) is 18.4 Å². The van der Waals surface area contributed by atoms with E-state index in [1.165, 1.54) is 7.05 Å². The largest absolute Gasteiger partial charge is 0.444 e. The van der Waals surface area contributed by atoms with Crippen LogP contribution in [0.5, 0.6) is 0 Å². The number of likely N-dealkylation sites (N-methyl/N-ethyl adjacent to an activating group) is 1. The lowest BCUT2D eigenvalue weighted by atomic mass is 10.0. The van der Waals surface area contributed by atoms with Gasteiger partial charge in [-0.15, -0.1) is 0 Å². The molecule has 0 fully saturated rings. The molecule has 0 N–H and O–H groups in total. The van der Waals surface area contributed by atoms with Gasteiger partial charge in [-0.2, -0.15) is 13.2 Å². The molecule has 1 amide bonds. The number of ether oxygens (including phenoxy) is 1. The number of aldehydes is 1. The van der Waals surface area contributed by atoms with Crippen molar-refractivity contribution in [2.45, 2.75) is 38.6 Å². The predicted molar refractivity (Wildman–Crippen MR) is 74.2 cm³/mol. The van der Waals surface area contributed by atoms with Gasteiger partial charge in [0.15, 0.2) is 0 Å². The fraction of sp³-hybridized carbons (Fsp3) is 0.467. The molecule has 1 rings (SSSR count). The third kappa shape index (κ3) is 4.94. The zero-order chi connectivity index (χ0) is 18.0. The second-order valence-corrected chi connectivity index (χ2v) is 5.91. The van der Waals surface area contributed by atoms with Crippen molar-refractivity contribution in [3.63, 3.8) is 0 Å². The van der Waals surface area contributed by atoms with Crippen LogP contribution in [0.25, 0.3) is 0 Å². The van der Waals surface area contributed by atoms with Crippen LogP contribution in [0.15, 0.2) is 18.2 Å². The molecule has 23 heavy (non-hydrogen) atoms. The second-order valence-electron chi connectivity index (χ2n) is 5.91. The molecular formula is C15H17F4NO3. The average molecular weight is 335 g/mol. The van der Waals surface area contributed by atoms with Gasteiger partial charge in [0.05, 0.1) is 5.56 Å². The van der Waals surface area contributed by atoms with Gasteiger partial charge in [0.2, 0.25) is 0 Å². The SMILES string of the molecule is CN(C(=O)OC(C)(C)C)C(C=O)c1ccc(C(F)(F)F)c(F)c1. The summed E-state index contributed by atoms with van der Waals surface area (Å²) in [4.78, 5) is 24.0. The Bertz CT molecular complexity index is 593. The summed E-state index contributed by atoms with van der Waals surface area (Å²) in [5.74, 6) is -1.51. The Morgan fingerprint density at radius 3 is 2.22 bits per heavy atom. The maximum atomic E-state index is 13.6. The first-order valence-corrected chi connectivity index (χ1v) is 6.64. The third-order valence-corrected chi connectivity index (χ3v) is 2.87. The first kappa shape index (κ1) is 18.9. The van der Waals surface area contributed by atoms with E-state index in [1.807, 2.05) is 0 Å². The number of rotatable bonds is 3. The molecule has 0 heterocycles. The van der Waals surface area contributed by atoms with Crippen LogP contribution >= 0.6 is 0 Å². The molecule has 0 radical (unpaired) electrons. The van der Waals surface area contributed by atoms with Crippen LogP contribution in [-0.4, -0.2) is 29.9 Å². The van der Waals surface area contributed by atoms with Crippen molar-refractivity contribution in [2.75, 3.05) is 7.05 Å². The summed E-state index contributed by atoms with van der Waals surface area (Å²) in [7, 11) is 1.24. The average Bonchev–Trinajstić information content (AvgIpc) is 2.35. The van der Waals surface area contributed by atoms with Crippen LogP contribution in [0, 0.1) is 5.82 Å². The Balaban J connectivity index is 3.09. The quantitative estimate of drug-likeness (QED) is 0.621. The summed E-state index contributed by atoms with van der Waals surface area (Å²) in [5, 5.41) is 0. The summed E-state index contributed by atoms with van der Waals surface area (Å²) in [6.45, 7) is 4.85. The van der Waals surface area contributed by atoms with E-state index >= 15 is 0 Å². The number of hydrogen-bond donors (Lipinski definition) is 0. The fourth-order valence-electron chi connectivity index (χ4n) is 1.79. The van der Waals surface area contributed by atoms with E-state index in [1.54, 1.807) is 20.8 Å². The number of halogens is 4. The van der Waals surface area contributed by atoms with Crippen LogP contribution < -0.4 is 0 Å². The molecule has 4 nitrogen and oxygen atoms in total. The van der Waals surface area contributed by atoms with E-state index < -0.39 is 35.3 Å². The number of alkyl halides is 3. The van der Waals surface area contributed by atoms with Gasteiger partial charge in [0.25, 0.3) is 0 Å². The Morgan fingerprint density at radius 2 is 1.83 bits per heavy atom. The number of benzene rings is 1. The highest BCUT2D eigenvalue weighted by molar-refractivity contribution is 5.74. The predicted octanol–water partition coefficient (Wildman–Crippen LogP) is 3.95. The molecule has 0 saturated heterocycles. The van der Waals surface area contributed by atoms with Gasteiger partial charge in [-0.05, 0) is 38.5 Å². The van der Waals surface area contributed by atoms with E-state index in [4.69, 9.17) is 4.74 Å². The molecule has 1 atom stereocenters. The molecule has 1 aromatic rings. The van der Waals surface area contributed by atoms with Gasteiger partial charge in [-0.1, -0.05) is 6.07 Å². The van der Waals surface area contributed by atoms with Crippen molar-refractivity contribution in [2.24, 2.45) is 0 Å². The van der Waals surface area contributed by atoms with E-state index in [9.17, 15) is 27.2 Å². The molecule has 0 spiro atoms. The first-order chi connectivity index (χ1) is 10.4. The molecule has 128 valence electrons. The molecule has 8 heteroatoms. The van der Waals surface area contributed by atoms with Gasteiger partial charge >= 0.3 is 12.3 Å². The molecular weight excluding hydrogens is 318 g/mol. The first-order valence-electron chi connectivity index (χ1n) is 6.64. The van der Waals surface area contributed by atoms with Crippen molar-refractivity contribution in [3.8, 4) is 0 Å². The molecule has 0 aromatic heterocycles. The summed E-state index contributed by atoms with van der Waals surface area (Å²) in [6.07, 6.45) is -5.36. The highest BCUT2D eigenvalue weighted by Crippen LogP contribution is 2.33. The molecule has 1 unspecified atom stereocenters. The molecule has 0 saturated carbocycles. The van der Waals surface area contributed by atoms with Crippen molar-refractivity contribution < 1.29 is 31.9 Å². The van der Waals surface area contributed by atoms with Crippen LogP contribution in [0.4, 0.5) is 22.4 Å². The third-order valence-electron chi connectivity index (χ3n) is 2.87. The number of amides is 1. The van der Waals surface area contributed by atoms with Crippen LogP contribution in [0.2, 0.25) is 0 Å². The van der Waals surface area contributed by atoms with Crippen molar-refractivity contribution >= 4 is 12.4 Å². The second kappa shape index (κ2) is 6.55. The number of nitrogens with zero attached hydrogens (tertiary/aromatic N) is 1. The Kier molecular flexibility index (Phi) is 5.39. The maximum Gasteiger partial charge on any atom is 0.419 e. The lowest BCUT2D eigenvalue weighted by Gasteiger charge is -2.28. The number of hydrogen-bond acceptors (Lipinski definition) is 3. The Hall–Kier alpha value is -2.12. The molecule has 0 aliphatic carbocycles. The molecule has 1 aromatic carbocycles. The molecule has 0 aliphatic heterocycles. The van der Waals surface area contributed by atoms with Crippen molar-refractivity contribution in [3.05, 3.63) is 35.1 Å². The Labute approximate surface area is 131 Å². The maximum absolute atomic E-state index is 13.6. The fourth-order valence-corrected chi connectivity index (χ4v) is 1.79. The zero-order valence-electron chi connectivity index (χ0n) is 13.1. The standard InChI is InChI=1S/C15H17F4NO3/c1-14(2,3)23-13(22)20(4)12(8-21)9-5-6-10(11(16)7-9)15(17,18)19/h5-8,12H,1-4H3. The van der Waals surface area contributed by atoms with Crippen molar-refractivity contribution in [1.29, 1.82) is 0 Å². The highest BCUT2D eigenvalue weighted by Gasteiger charge is 2.35.